The van der Waals surface area contributed by atoms with Gasteiger partial charge in [-0.05, 0) is 18.6 Å². The average molecular weight is 229 g/mol. The maximum absolute atomic E-state index is 11.2. The summed E-state index contributed by atoms with van der Waals surface area (Å²) < 4.78 is 27.2. The van der Waals surface area contributed by atoms with Crippen LogP contribution in [0.5, 0.6) is 5.75 Å². The lowest BCUT2D eigenvalue weighted by atomic mass is 10.1. The van der Waals surface area contributed by atoms with E-state index in [9.17, 15) is 13.2 Å². The molecule has 0 heterocycles. The van der Waals surface area contributed by atoms with Crippen molar-refractivity contribution in [1.29, 1.82) is 0 Å². The fourth-order valence-electron chi connectivity index (χ4n) is 1.27. The predicted molar refractivity (Wildman–Crippen MR) is 54.5 cm³/mol. The lowest BCUT2D eigenvalue weighted by Crippen LogP contribution is -2.14. The van der Waals surface area contributed by atoms with E-state index < -0.39 is 10.0 Å². The molecule has 0 fully saturated rings. The monoisotopic (exact) mass is 229 g/mol. The van der Waals surface area contributed by atoms with E-state index in [0.717, 1.165) is 0 Å². The third-order valence-electron chi connectivity index (χ3n) is 1.96. The molecule has 1 aromatic rings. The Morgan fingerprint density at radius 1 is 1.40 bits per heavy atom. The summed E-state index contributed by atoms with van der Waals surface area (Å²) in [6.45, 7) is 1.56. The Kier molecular flexibility index (Phi) is 3.11. The maximum Gasteiger partial charge on any atom is 0.238 e. The molecular weight excluding hydrogens is 218 g/mol. The highest BCUT2D eigenvalue weighted by Crippen LogP contribution is 2.24. The largest absolute Gasteiger partial charge is 0.496 e. The second-order valence-electron chi connectivity index (χ2n) is 3.02. The minimum atomic E-state index is -3.79. The van der Waals surface area contributed by atoms with Crippen molar-refractivity contribution in [3.63, 3.8) is 0 Å². The predicted octanol–water partition coefficient (Wildman–Crippen LogP) is 0.464. The molecule has 1 rings (SSSR count). The highest BCUT2D eigenvalue weighted by atomic mass is 32.2. The number of carbonyl (C=O) groups is 1. The molecule has 0 aliphatic carbocycles. The Hall–Kier alpha value is -1.40. The molecule has 0 atom stereocenters. The second-order valence-corrected chi connectivity index (χ2v) is 4.55. The van der Waals surface area contributed by atoms with E-state index in [0.29, 0.717) is 17.4 Å². The molecular formula is C9H11NO4S. The molecule has 0 aromatic heterocycles. The lowest BCUT2D eigenvalue weighted by Gasteiger charge is -2.08. The van der Waals surface area contributed by atoms with Gasteiger partial charge >= 0.3 is 0 Å². The second kappa shape index (κ2) is 4.00. The average Bonchev–Trinajstić information content (AvgIpc) is 2.15. The van der Waals surface area contributed by atoms with Gasteiger partial charge in [0.15, 0.2) is 6.29 Å². The van der Waals surface area contributed by atoms with E-state index in [1.807, 2.05) is 0 Å². The van der Waals surface area contributed by atoms with E-state index in [1.54, 1.807) is 6.92 Å². The van der Waals surface area contributed by atoms with Crippen LogP contribution in [0.4, 0.5) is 0 Å². The van der Waals surface area contributed by atoms with Gasteiger partial charge in [0.05, 0.1) is 17.6 Å². The number of benzene rings is 1. The molecule has 0 aliphatic rings. The van der Waals surface area contributed by atoms with Gasteiger partial charge in [-0.15, -0.1) is 0 Å². The Balaban J connectivity index is 3.52. The third kappa shape index (κ3) is 2.34. The number of rotatable bonds is 3. The van der Waals surface area contributed by atoms with E-state index in [4.69, 9.17) is 9.88 Å². The number of ether oxygens (including phenoxy) is 1. The van der Waals surface area contributed by atoms with Crippen LogP contribution < -0.4 is 9.88 Å². The summed E-state index contributed by atoms with van der Waals surface area (Å²) in [5.74, 6) is 0.194. The molecule has 1 aromatic carbocycles. The van der Waals surface area contributed by atoms with Gasteiger partial charge in [-0.1, -0.05) is 0 Å². The maximum atomic E-state index is 11.2. The van der Waals surface area contributed by atoms with Gasteiger partial charge in [0.2, 0.25) is 10.0 Å². The van der Waals surface area contributed by atoms with Crippen molar-refractivity contribution in [1.82, 2.24) is 0 Å². The van der Waals surface area contributed by atoms with Gasteiger partial charge in [-0.3, -0.25) is 4.79 Å². The summed E-state index contributed by atoms with van der Waals surface area (Å²) in [7, 11) is -2.44. The quantitative estimate of drug-likeness (QED) is 0.763. The van der Waals surface area contributed by atoms with Crippen LogP contribution in [0.15, 0.2) is 17.0 Å². The fraction of sp³-hybridized carbons (Fsp3) is 0.222. The number of primary sulfonamides is 1. The number of aryl methyl sites for hydroxylation is 1. The van der Waals surface area contributed by atoms with Gasteiger partial charge in [0, 0.05) is 6.07 Å². The number of aldehydes is 1. The topological polar surface area (TPSA) is 86.5 Å². The van der Waals surface area contributed by atoms with Crippen LogP contribution in [0.3, 0.4) is 0 Å². The van der Waals surface area contributed by atoms with Crippen molar-refractivity contribution in [2.75, 3.05) is 7.11 Å². The number of hydrogen-bond donors (Lipinski definition) is 1. The first kappa shape index (κ1) is 11.7. The molecule has 0 unspecified atom stereocenters. The number of sulfonamides is 1. The van der Waals surface area contributed by atoms with Gasteiger partial charge in [0.25, 0.3) is 0 Å². The molecule has 0 saturated carbocycles. The van der Waals surface area contributed by atoms with Gasteiger partial charge in [-0.2, -0.15) is 0 Å². The summed E-state index contributed by atoms with van der Waals surface area (Å²) in [5, 5.41) is 5.00. The standard InChI is InChI=1S/C9H11NO4S/c1-6-3-7(5-11)8(14-2)4-9(6)15(10,12)13/h3-5H,1-2H3,(H2,10,12,13). The molecule has 0 spiro atoms. The van der Waals surface area contributed by atoms with Crippen LogP contribution in [0, 0.1) is 6.92 Å². The summed E-state index contributed by atoms with van der Waals surface area (Å²) in [6, 6.07) is 2.67. The van der Waals surface area contributed by atoms with Crippen LogP contribution in [-0.4, -0.2) is 21.8 Å². The third-order valence-corrected chi connectivity index (χ3v) is 3.01. The first-order valence-electron chi connectivity index (χ1n) is 4.06. The van der Waals surface area contributed by atoms with Crippen molar-refractivity contribution in [3.8, 4) is 5.75 Å². The Morgan fingerprint density at radius 3 is 2.40 bits per heavy atom. The molecule has 0 saturated heterocycles. The Morgan fingerprint density at radius 2 is 2.00 bits per heavy atom. The van der Waals surface area contributed by atoms with Crippen LogP contribution in [-0.2, 0) is 10.0 Å². The molecule has 82 valence electrons. The van der Waals surface area contributed by atoms with Crippen LogP contribution in [0.25, 0.3) is 0 Å². The molecule has 6 heteroatoms. The molecule has 0 amide bonds. The number of hydrogen-bond acceptors (Lipinski definition) is 4. The van der Waals surface area contributed by atoms with Crippen molar-refractivity contribution in [2.24, 2.45) is 5.14 Å². The van der Waals surface area contributed by atoms with Gasteiger partial charge in [-0.25, -0.2) is 13.6 Å². The molecule has 0 bridgehead atoms. The first-order chi connectivity index (χ1) is 6.90. The van der Waals surface area contributed by atoms with Crippen LogP contribution >= 0.6 is 0 Å². The number of nitrogens with two attached hydrogens (primary N) is 1. The zero-order chi connectivity index (χ0) is 11.6. The lowest BCUT2D eigenvalue weighted by molar-refractivity contribution is 0.112. The van der Waals surface area contributed by atoms with Crippen molar-refractivity contribution < 1.29 is 17.9 Å². The molecule has 5 nitrogen and oxygen atoms in total. The van der Waals surface area contributed by atoms with Crippen molar-refractivity contribution in [2.45, 2.75) is 11.8 Å². The molecule has 0 radical (unpaired) electrons. The minimum absolute atomic E-state index is 0.0371. The van der Waals surface area contributed by atoms with Crippen molar-refractivity contribution >= 4 is 16.3 Å². The first-order valence-corrected chi connectivity index (χ1v) is 5.61. The SMILES string of the molecule is COc1cc(S(N)(=O)=O)c(C)cc1C=O. The summed E-state index contributed by atoms with van der Waals surface area (Å²) in [5.41, 5.74) is 0.711. The summed E-state index contributed by atoms with van der Waals surface area (Å²) >= 11 is 0. The summed E-state index contributed by atoms with van der Waals surface area (Å²) in [6.07, 6.45) is 0.596. The zero-order valence-corrected chi connectivity index (χ0v) is 9.17. The fourth-order valence-corrected chi connectivity index (χ4v) is 2.05. The van der Waals surface area contributed by atoms with E-state index in [2.05, 4.69) is 0 Å². The smallest absolute Gasteiger partial charge is 0.238 e. The van der Waals surface area contributed by atoms with Crippen LogP contribution in [0.1, 0.15) is 15.9 Å². The molecule has 15 heavy (non-hydrogen) atoms. The highest BCUT2D eigenvalue weighted by molar-refractivity contribution is 7.89. The van der Waals surface area contributed by atoms with E-state index >= 15 is 0 Å². The van der Waals surface area contributed by atoms with E-state index in [-0.39, 0.29) is 10.6 Å². The highest BCUT2D eigenvalue weighted by Gasteiger charge is 2.15. The molecule has 0 aliphatic heterocycles. The minimum Gasteiger partial charge on any atom is -0.496 e. The van der Waals surface area contributed by atoms with Gasteiger partial charge in [0.1, 0.15) is 5.75 Å². The number of methoxy groups -OCH3 is 1. The normalized spacial score (nSPS) is 11.1. The van der Waals surface area contributed by atoms with Crippen molar-refractivity contribution in [3.05, 3.63) is 23.3 Å². The van der Waals surface area contributed by atoms with Gasteiger partial charge < -0.3 is 4.74 Å². The Labute approximate surface area is 87.9 Å². The molecule has 2 N–H and O–H groups in total. The number of carbonyl (C=O) groups excluding carboxylic acids is 1. The summed E-state index contributed by atoms with van der Waals surface area (Å²) in [4.78, 5) is 10.6. The Bertz CT molecular complexity index is 493. The zero-order valence-electron chi connectivity index (χ0n) is 8.35. The van der Waals surface area contributed by atoms with E-state index in [1.165, 1.54) is 19.2 Å². The van der Waals surface area contributed by atoms with Crippen LogP contribution in [0.2, 0.25) is 0 Å².